The van der Waals surface area contributed by atoms with Crippen LogP contribution in [0.4, 0.5) is 5.95 Å². The van der Waals surface area contributed by atoms with E-state index in [1.54, 1.807) is 27.8 Å². The number of hydrogen-bond donors (Lipinski definition) is 2. The third-order valence-electron chi connectivity index (χ3n) is 7.19. The number of nitrogens with zero attached hydrogens (tertiary/aromatic N) is 7. The van der Waals surface area contributed by atoms with Gasteiger partial charge in [0.2, 0.25) is 11.8 Å². The first-order valence-corrected chi connectivity index (χ1v) is 13.5. The Labute approximate surface area is 237 Å². The van der Waals surface area contributed by atoms with Crippen molar-refractivity contribution in [2.75, 3.05) is 45.3 Å². The van der Waals surface area contributed by atoms with Crippen molar-refractivity contribution in [1.29, 1.82) is 0 Å². The van der Waals surface area contributed by atoms with Crippen LogP contribution >= 0.6 is 0 Å². The van der Waals surface area contributed by atoms with Gasteiger partial charge in [0, 0.05) is 26.2 Å². The summed E-state index contributed by atoms with van der Waals surface area (Å²) < 4.78 is 12.8. The maximum Gasteiger partial charge on any atom is 0.263 e. The Morgan fingerprint density at radius 1 is 0.927 bits per heavy atom. The number of benzene rings is 2. The minimum atomic E-state index is -0.521. The fourth-order valence-electron chi connectivity index (χ4n) is 5.07. The Kier molecular flexibility index (Phi) is 8.18. The minimum absolute atomic E-state index is 0.254. The van der Waals surface area contributed by atoms with E-state index in [4.69, 9.17) is 9.47 Å². The number of carbonyl (C=O) groups excluding carboxylic acids is 1. The number of aryl methyl sites for hydroxylation is 1. The number of methoxy groups -OCH3 is 2. The molecule has 0 unspecified atom stereocenters. The number of unbranched alkanes of at least 4 members (excludes halogenated alkanes) is 1. The summed E-state index contributed by atoms with van der Waals surface area (Å²) in [5.41, 5.74) is 1.82. The first-order chi connectivity index (χ1) is 20.0. The van der Waals surface area contributed by atoms with E-state index >= 15 is 0 Å². The number of aromatic nitrogens is 5. The average Bonchev–Trinajstić information content (AvgIpc) is 3.50. The van der Waals surface area contributed by atoms with Crippen molar-refractivity contribution in [3.05, 3.63) is 59.8 Å². The van der Waals surface area contributed by atoms with Crippen molar-refractivity contribution in [2.45, 2.75) is 26.2 Å². The fraction of sp³-hybridized carbons (Fsp3) is 0.345. The molecule has 5 rings (SSSR count). The van der Waals surface area contributed by atoms with E-state index in [0.29, 0.717) is 66.9 Å². The molecule has 12 heteroatoms. The molecule has 0 aliphatic carbocycles. The number of carbonyl (C=O) groups is 1. The summed E-state index contributed by atoms with van der Waals surface area (Å²) in [5, 5.41) is 34.7. The predicted molar refractivity (Wildman–Crippen MR) is 152 cm³/mol. The van der Waals surface area contributed by atoms with Crippen molar-refractivity contribution >= 4 is 11.9 Å². The molecule has 2 aromatic carbocycles. The Balaban J connectivity index is 1.46. The van der Waals surface area contributed by atoms with Gasteiger partial charge in [0.1, 0.15) is 22.8 Å². The van der Waals surface area contributed by atoms with Gasteiger partial charge in [-0.3, -0.25) is 4.79 Å². The van der Waals surface area contributed by atoms with Crippen LogP contribution in [0.3, 0.4) is 0 Å². The number of para-hydroxylation sites is 1. The zero-order valence-corrected chi connectivity index (χ0v) is 23.3. The largest absolute Gasteiger partial charge is 0.506 e. The van der Waals surface area contributed by atoms with Gasteiger partial charge in [0.25, 0.3) is 5.91 Å². The quantitative estimate of drug-likeness (QED) is 0.313. The Morgan fingerprint density at radius 2 is 1.61 bits per heavy atom. The number of pyridine rings is 1. The molecule has 1 amide bonds. The summed E-state index contributed by atoms with van der Waals surface area (Å²) in [5.74, 6) is 0.0908. The molecule has 0 bridgehead atoms. The van der Waals surface area contributed by atoms with Gasteiger partial charge in [-0.2, -0.15) is 4.68 Å². The summed E-state index contributed by atoms with van der Waals surface area (Å²) in [7, 11) is 3.04. The third-order valence-corrected chi connectivity index (χ3v) is 7.19. The molecule has 0 atom stereocenters. The summed E-state index contributed by atoms with van der Waals surface area (Å²) in [6.45, 7) is 3.60. The lowest BCUT2D eigenvalue weighted by Crippen LogP contribution is -2.49. The molecule has 1 aliphatic heterocycles. The zero-order valence-electron chi connectivity index (χ0n) is 23.3. The van der Waals surface area contributed by atoms with Gasteiger partial charge in [0.15, 0.2) is 0 Å². The lowest BCUT2D eigenvalue weighted by molar-refractivity contribution is 0.0739. The van der Waals surface area contributed by atoms with Crippen molar-refractivity contribution in [3.63, 3.8) is 0 Å². The highest BCUT2D eigenvalue weighted by Crippen LogP contribution is 2.47. The van der Waals surface area contributed by atoms with Gasteiger partial charge in [0.05, 0.1) is 36.7 Å². The summed E-state index contributed by atoms with van der Waals surface area (Å²) in [6.07, 6.45) is 2.13. The van der Waals surface area contributed by atoms with Crippen LogP contribution in [0, 0.1) is 0 Å². The zero-order chi connectivity index (χ0) is 28.9. The van der Waals surface area contributed by atoms with E-state index in [9.17, 15) is 15.0 Å². The Morgan fingerprint density at radius 3 is 2.24 bits per heavy atom. The van der Waals surface area contributed by atoms with Gasteiger partial charge in [-0.05, 0) is 47.5 Å². The highest BCUT2D eigenvalue weighted by Gasteiger charge is 2.33. The van der Waals surface area contributed by atoms with E-state index in [-0.39, 0.29) is 11.3 Å². The monoisotopic (exact) mass is 559 g/mol. The molecule has 214 valence electrons. The van der Waals surface area contributed by atoms with Crippen LogP contribution in [0.1, 0.15) is 35.8 Å². The molecule has 2 N–H and O–H groups in total. The van der Waals surface area contributed by atoms with Crippen LogP contribution in [-0.2, 0) is 6.42 Å². The summed E-state index contributed by atoms with van der Waals surface area (Å²) in [4.78, 5) is 21.8. The molecule has 2 aromatic heterocycles. The molecule has 1 fully saturated rings. The molecule has 1 saturated heterocycles. The number of rotatable bonds is 9. The van der Waals surface area contributed by atoms with Crippen molar-refractivity contribution in [1.82, 2.24) is 30.1 Å². The van der Waals surface area contributed by atoms with E-state index in [1.165, 1.54) is 14.2 Å². The SMILES string of the molecule is CCCCc1nc(O)c(C(=O)N2CCN(c3nnnn3-c3ccccc3)CC2)c(O)c1-c1c(OC)cccc1OC. The first-order valence-electron chi connectivity index (χ1n) is 13.5. The van der Waals surface area contributed by atoms with Crippen LogP contribution in [-0.4, -0.2) is 86.6 Å². The van der Waals surface area contributed by atoms with Gasteiger partial charge in [-0.15, -0.1) is 0 Å². The van der Waals surface area contributed by atoms with Gasteiger partial charge in [-0.1, -0.05) is 42.7 Å². The van der Waals surface area contributed by atoms with Crippen molar-refractivity contribution < 1.29 is 24.5 Å². The molecule has 0 spiro atoms. The van der Waals surface area contributed by atoms with E-state index in [1.807, 2.05) is 42.2 Å². The molecular weight excluding hydrogens is 526 g/mol. The molecule has 4 aromatic rings. The maximum absolute atomic E-state index is 13.8. The van der Waals surface area contributed by atoms with E-state index < -0.39 is 11.8 Å². The molecular formula is C29H33N7O5. The first kappa shape index (κ1) is 27.7. The molecule has 12 nitrogen and oxygen atoms in total. The lowest BCUT2D eigenvalue weighted by Gasteiger charge is -2.35. The molecule has 1 aliphatic rings. The number of aromatic hydroxyl groups is 2. The highest BCUT2D eigenvalue weighted by molar-refractivity contribution is 6.02. The summed E-state index contributed by atoms with van der Waals surface area (Å²) >= 11 is 0. The van der Waals surface area contributed by atoms with Crippen LogP contribution in [0.5, 0.6) is 23.1 Å². The fourth-order valence-corrected chi connectivity index (χ4v) is 5.07. The van der Waals surface area contributed by atoms with Gasteiger partial charge in [-0.25, -0.2) is 4.98 Å². The van der Waals surface area contributed by atoms with Crippen LogP contribution < -0.4 is 14.4 Å². The smallest absolute Gasteiger partial charge is 0.263 e. The lowest BCUT2D eigenvalue weighted by atomic mass is 9.95. The van der Waals surface area contributed by atoms with E-state index in [2.05, 4.69) is 20.5 Å². The second-order valence-electron chi connectivity index (χ2n) is 9.63. The number of piperazine rings is 1. The minimum Gasteiger partial charge on any atom is -0.506 e. The topological polar surface area (TPSA) is 139 Å². The van der Waals surface area contributed by atoms with Crippen molar-refractivity contribution in [2.24, 2.45) is 0 Å². The van der Waals surface area contributed by atoms with Crippen LogP contribution in [0.15, 0.2) is 48.5 Å². The van der Waals surface area contributed by atoms with E-state index in [0.717, 1.165) is 18.5 Å². The second kappa shape index (κ2) is 12.1. The number of ether oxygens (including phenoxy) is 2. The average molecular weight is 560 g/mol. The number of hydrogen-bond acceptors (Lipinski definition) is 10. The van der Waals surface area contributed by atoms with Gasteiger partial charge >= 0.3 is 0 Å². The molecule has 41 heavy (non-hydrogen) atoms. The number of anilines is 1. The molecule has 0 saturated carbocycles. The number of amides is 1. The van der Waals surface area contributed by atoms with Crippen LogP contribution in [0.2, 0.25) is 0 Å². The van der Waals surface area contributed by atoms with Crippen LogP contribution in [0.25, 0.3) is 16.8 Å². The standard InChI is InChI=1S/C29H33N7O5/c1-4-5-12-20-23(24-21(40-2)13-9-14-22(24)41-3)26(37)25(27(38)30-20)28(39)34-15-17-35(18-16-34)29-31-32-33-36(29)19-10-7-6-8-11-19/h6-11,13-14H,4-5,12,15-18H2,1-3H3,(H2,30,37,38). The molecule has 0 radical (unpaired) electrons. The predicted octanol–water partition coefficient (Wildman–Crippen LogP) is 3.46. The Bertz CT molecular complexity index is 1500. The Hall–Kier alpha value is -4.87. The summed E-state index contributed by atoms with van der Waals surface area (Å²) in [6, 6.07) is 14.8. The highest BCUT2D eigenvalue weighted by atomic mass is 16.5. The van der Waals surface area contributed by atoms with Gasteiger partial charge < -0.3 is 29.5 Å². The molecule has 3 heterocycles. The normalized spacial score (nSPS) is 13.3. The van der Waals surface area contributed by atoms with Crippen molar-refractivity contribution in [3.8, 4) is 39.9 Å². The third kappa shape index (κ3) is 5.32. The maximum atomic E-state index is 13.8. The number of tetrazole rings is 1. The second-order valence-corrected chi connectivity index (χ2v) is 9.63.